The second kappa shape index (κ2) is 11.8. The number of aromatic nitrogens is 1. The van der Waals surface area contributed by atoms with Crippen LogP contribution in [0.4, 0.5) is 30.8 Å². The third kappa shape index (κ3) is 5.92. The third-order valence-electron chi connectivity index (χ3n) is 8.45. The average Bonchev–Trinajstić information content (AvgIpc) is 3.81. The van der Waals surface area contributed by atoms with E-state index in [9.17, 15) is 18.8 Å². The van der Waals surface area contributed by atoms with Crippen LogP contribution in [0.1, 0.15) is 12.8 Å². The number of hydrogen-bond acceptors (Lipinski definition) is 7. The predicted molar refractivity (Wildman–Crippen MR) is 159 cm³/mol. The number of rotatable bonds is 8. The average molecular weight is 606 g/mol. The Balaban J connectivity index is 1.13. The lowest BCUT2D eigenvalue weighted by Crippen LogP contribution is -2.62. The molecule has 11 nitrogen and oxygen atoms in total. The minimum Gasteiger partial charge on any atom is -0.454 e. The molecule has 13 heteroatoms. The van der Waals surface area contributed by atoms with Crippen LogP contribution in [0.3, 0.4) is 0 Å². The normalized spacial score (nSPS) is 18.3. The fourth-order valence-corrected chi connectivity index (χ4v) is 5.64. The zero-order valence-electron chi connectivity index (χ0n) is 24.2. The number of urea groups is 1. The SMILES string of the molecule is CN1CC(N2CCN(C(=O)Nc3cc(Oc4ccc(N(C(=O)C5(C(N)=O)CC5)c5ccc(F)cc5)cc4F)ccn3)CC2)C1. The molecule has 230 valence electrons. The Bertz CT molecular complexity index is 1570. The summed E-state index contributed by atoms with van der Waals surface area (Å²) in [5.41, 5.74) is 4.51. The van der Waals surface area contributed by atoms with E-state index in [2.05, 4.69) is 27.1 Å². The lowest BCUT2D eigenvalue weighted by atomic mass is 10.0. The molecule has 0 atom stereocenters. The van der Waals surface area contributed by atoms with Crippen LogP contribution in [0, 0.1) is 17.0 Å². The molecule has 0 unspecified atom stereocenters. The molecule has 1 aromatic heterocycles. The highest BCUT2D eigenvalue weighted by Crippen LogP contribution is 2.49. The van der Waals surface area contributed by atoms with Gasteiger partial charge in [0.25, 0.3) is 0 Å². The Labute approximate surface area is 253 Å². The largest absolute Gasteiger partial charge is 0.454 e. The van der Waals surface area contributed by atoms with E-state index in [-0.39, 0.29) is 47.6 Å². The maximum Gasteiger partial charge on any atom is 0.323 e. The number of halogens is 2. The molecular formula is C31H33F2N7O4. The minimum absolute atomic E-state index is 0.117. The fourth-order valence-electron chi connectivity index (χ4n) is 5.64. The monoisotopic (exact) mass is 605 g/mol. The lowest BCUT2D eigenvalue weighted by molar-refractivity contribution is -0.133. The van der Waals surface area contributed by atoms with Crippen molar-refractivity contribution in [3.8, 4) is 11.5 Å². The molecule has 1 saturated carbocycles. The number of piperazine rings is 1. The first-order chi connectivity index (χ1) is 21.1. The summed E-state index contributed by atoms with van der Waals surface area (Å²) in [6, 6.07) is 12.3. The molecule has 1 aliphatic carbocycles. The van der Waals surface area contributed by atoms with Crippen molar-refractivity contribution in [2.45, 2.75) is 18.9 Å². The van der Waals surface area contributed by atoms with Gasteiger partial charge < -0.3 is 20.3 Å². The zero-order chi connectivity index (χ0) is 31.0. The van der Waals surface area contributed by atoms with Crippen LogP contribution >= 0.6 is 0 Å². The second-order valence-electron chi connectivity index (χ2n) is 11.5. The van der Waals surface area contributed by atoms with E-state index < -0.39 is 28.9 Å². The first kappa shape index (κ1) is 29.5. The maximum atomic E-state index is 15.4. The topological polar surface area (TPSA) is 124 Å². The van der Waals surface area contributed by atoms with E-state index >= 15 is 4.39 Å². The van der Waals surface area contributed by atoms with E-state index in [1.54, 1.807) is 4.90 Å². The quantitative estimate of drug-likeness (QED) is 0.377. The number of amides is 4. The van der Waals surface area contributed by atoms with Gasteiger partial charge in [-0.2, -0.15) is 0 Å². The smallest absolute Gasteiger partial charge is 0.323 e. The molecule has 2 aromatic carbocycles. The molecule has 3 heterocycles. The Hall–Kier alpha value is -4.62. The number of nitrogens with one attached hydrogen (secondary N) is 1. The Morgan fingerprint density at radius 3 is 2.27 bits per heavy atom. The van der Waals surface area contributed by atoms with Gasteiger partial charge in [-0.05, 0) is 62.4 Å². The fraction of sp³-hybridized carbons (Fsp3) is 0.355. The van der Waals surface area contributed by atoms with Crippen LogP contribution in [0.5, 0.6) is 11.5 Å². The third-order valence-corrected chi connectivity index (χ3v) is 8.45. The summed E-state index contributed by atoms with van der Waals surface area (Å²) < 4.78 is 34.8. The Morgan fingerprint density at radius 2 is 1.66 bits per heavy atom. The summed E-state index contributed by atoms with van der Waals surface area (Å²) in [6.45, 7) is 4.94. The van der Waals surface area contributed by atoms with Crippen molar-refractivity contribution >= 4 is 35.0 Å². The molecule has 44 heavy (non-hydrogen) atoms. The van der Waals surface area contributed by atoms with E-state index in [1.807, 2.05) is 0 Å². The number of hydrogen-bond donors (Lipinski definition) is 2. The van der Waals surface area contributed by atoms with Crippen molar-refractivity contribution < 1.29 is 27.9 Å². The van der Waals surface area contributed by atoms with Gasteiger partial charge in [0.05, 0.1) is 5.69 Å². The van der Waals surface area contributed by atoms with Gasteiger partial charge in [-0.15, -0.1) is 0 Å². The van der Waals surface area contributed by atoms with Crippen LogP contribution in [0.15, 0.2) is 60.8 Å². The van der Waals surface area contributed by atoms with Crippen molar-refractivity contribution in [1.82, 2.24) is 19.7 Å². The second-order valence-corrected chi connectivity index (χ2v) is 11.5. The number of benzene rings is 2. The Kier molecular flexibility index (Phi) is 7.91. The minimum atomic E-state index is -1.39. The van der Waals surface area contributed by atoms with Crippen LogP contribution in [-0.4, -0.2) is 89.9 Å². The Morgan fingerprint density at radius 1 is 0.977 bits per heavy atom. The van der Waals surface area contributed by atoms with Gasteiger partial charge in [0.1, 0.15) is 22.8 Å². The number of nitrogens with zero attached hydrogens (tertiary/aromatic N) is 5. The summed E-state index contributed by atoms with van der Waals surface area (Å²) >= 11 is 0. The number of primary amides is 1. The van der Waals surface area contributed by atoms with Gasteiger partial charge in [-0.1, -0.05) is 0 Å². The van der Waals surface area contributed by atoms with Crippen LogP contribution in [0.2, 0.25) is 0 Å². The van der Waals surface area contributed by atoms with Crippen molar-refractivity contribution in [2.75, 3.05) is 56.5 Å². The van der Waals surface area contributed by atoms with E-state index in [0.29, 0.717) is 19.1 Å². The number of carbonyl (C=O) groups is 3. The van der Waals surface area contributed by atoms with Crippen LogP contribution < -0.4 is 20.7 Å². The van der Waals surface area contributed by atoms with Crippen molar-refractivity contribution in [1.29, 1.82) is 0 Å². The highest BCUT2D eigenvalue weighted by atomic mass is 19.1. The summed E-state index contributed by atoms with van der Waals surface area (Å²) in [6.07, 6.45) is 1.99. The number of likely N-dealkylation sites (N-methyl/N-ethyl adjacent to an activating group) is 1. The lowest BCUT2D eigenvalue weighted by Gasteiger charge is -2.46. The molecule has 3 aliphatic rings. The van der Waals surface area contributed by atoms with Gasteiger partial charge in [-0.3, -0.25) is 24.7 Å². The molecule has 0 bridgehead atoms. The van der Waals surface area contributed by atoms with E-state index in [1.165, 1.54) is 54.7 Å². The predicted octanol–water partition coefficient (Wildman–Crippen LogP) is 3.55. The number of nitrogens with two attached hydrogens (primary N) is 1. The number of pyridine rings is 1. The number of ether oxygens (including phenoxy) is 1. The number of anilines is 3. The van der Waals surface area contributed by atoms with Gasteiger partial charge in [0, 0.05) is 69.3 Å². The van der Waals surface area contributed by atoms with E-state index in [4.69, 9.17) is 10.5 Å². The zero-order valence-corrected chi connectivity index (χ0v) is 24.2. The molecule has 6 rings (SSSR count). The summed E-state index contributed by atoms with van der Waals surface area (Å²) in [5.74, 6) is -2.34. The van der Waals surface area contributed by atoms with Gasteiger partial charge in [0.15, 0.2) is 11.6 Å². The van der Waals surface area contributed by atoms with Crippen LogP contribution in [-0.2, 0) is 9.59 Å². The van der Waals surface area contributed by atoms with Crippen molar-refractivity contribution in [3.05, 3.63) is 72.4 Å². The summed E-state index contributed by atoms with van der Waals surface area (Å²) in [7, 11) is 2.10. The number of carbonyl (C=O) groups excluding carboxylic acids is 3. The highest BCUT2D eigenvalue weighted by molar-refractivity contribution is 6.16. The molecule has 0 spiro atoms. The first-order valence-corrected chi connectivity index (χ1v) is 14.4. The van der Waals surface area contributed by atoms with E-state index in [0.717, 1.165) is 37.1 Å². The molecule has 3 fully saturated rings. The first-order valence-electron chi connectivity index (χ1n) is 14.4. The highest BCUT2D eigenvalue weighted by Gasteiger charge is 2.57. The van der Waals surface area contributed by atoms with Gasteiger partial charge >= 0.3 is 6.03 Å². The number of likely N-dealkylation sites (tertiary alicyclic amines) is 1. The molecule has 3 N–H and O–H groups in total. The molecule has 2 aliphatic heterocycles. The summed E-state index contributed by atoms with van der Waals surface area (Å²) in [5, 5.41) is 2.79. The van der Waals surface area contributed by atoms with Gasteiger partial charge in [-0.25, -0.2) is 18.6 Å². The maximum absolute atomic E-state index is 15.4. The van der Waals surface area contributed by atoms with Crippen molar-refractivity contribution in [2.24, 2.45) is 11.1 Å². The van der Waals surface area contributed by atoms with Crippen LogP contribution in [0.25, 0.3) is 0 Å². The molecule has 3 aromatic rings. The molecule has 2 saturated heterocycles. The molecular weight excluding hydrogens is 572 g/mol. The standard InChI is InChI=1S/C31H33F2N7O4/c1-37-18-23(19-37)38-12-14-39(15-13-38)30(43)36-27-17-24(8-11-35-27)44-26-7-6-22(16-25(26)33)40(21-4-2-20(32)3-5-21)29(42)31(9-10-31)28(34)41/h2-8,11,16-17,23H,9-10,12-15,18-19H2,1H3,(H2,34,41)(H,35,36,43). The summed E-state index contributed by atoms with van der Waals surface area (Å²) in [4.78, 5) is 50.2. The van der Waals surface area contributed by atoms with Crippen molar-refractivity contribution in [3.63, 3.8) is 0 Å². The molecule has 4 amide bonds. The molecule has 0 radical (unpaired) electrons. The van der Waals surface area contributed by atoms with Gasteiger partial charge in [0.2, 0.25) is 11.8 Å².